The van der Waals surface area contributed by atoms with Gasteiger partial charge in [-0.25, -0.2) is 0 Å². The predicted octanol–water partition coefficient (Wildman–Crippen LogP) is 6.58. The van der Waals surface area contributed by atoms with Crippen molar-refractivity contribution in [1.29, 1.82) is 0 Å². The van der Waals surface area contributed by atoms with Crippen LogP contribution in [-0.2, 0) is 0 Å². The van der Waals surface area contributed by atoms with Crippen LogP contribution in [0.3, 0.4) is 0 Å². The number of phenolic OH excluding ortho intramolecular Hbond substituents is 2. The van der Waals surface area contributed by atoms with E-state index in [0.29, 0.717) is 0 Å². The first kappa shape index (κ1) is 17.3. The number of aromatic hydroxyl groups is 2. The molecule has 0 saturated heterocycles. The maximum atomic E-state index is 10.9. The van der Waals surface area contributed by atoms with Gasteiger partial charge in [-0.1, -0.05) is 78.9 Å². The minimum atomic E-state index is -0.287. The normalized spacial score (nSPS) is 11.3. The maximum Gasteiger partial charge on any atom is 0.120 e. The van der Waals surface area contributed by atoms with Crippen LogP contribution in [0.1, 0.15) is 22.6 Å². The molecule has 0 unspecified atom stereocenters. The van der Waals surface area contributed by atoms with Crippen LogP contribution < -0.4 is 0 Å². The van der Waals surface area contributed by atoms with Crippen molar-refractivity contribution in [3.8, 4) is 11.5 Å². The van der Waals surface area contributed by atoms with Gasteiger partial charge in [0.25, 0.3) is 0 Å². The van der Waals surface area contributed by atoms with Crippen molar-refractivity contribution in [3.05, 3.63) is 120 Å². The van der Waals surface area contributed by atoms with Crippen LogP contribution in [-0.4, -0.2) is 10.2 Å². The van der Waals surface area contributed by atoms with Crippen molar-refractivity contribution in [2.75, 3.05) is 0 Å². The molecule has 5 aromatic carbocycles. The molecule has 0 fully saturated rings. The summed E-state index contributed by atoms with van der Waals surface area (Å²) >= 11 is 0. The molecule has 0 bridgehead atoms. The van der Waals surface area contributed by atoms with Crippen molar-refractivity contribution >= 4 is 21.5 Å². The SMILES string of the molecule is Oc1cc2ccccc2cc1C(c1ccccc1)c1cc2ccccc2cc1O. The van der Waals surface area contributed by atoms with Gasteiger partial charge in [-0.15, -0.1) is 0 Å². The van der Waals surface area contributed by atoms with Crippen LogP contribution in [0.2, 0.25) is 0 Å². The van der Waals surface area contributed by atoms with Gasteiger partial charge in [-0.2, -0.15) is 0 Å². The Balaban J connectivity index is 1.80. The molecular formula is C27H20O2. The fraction of sp³-hybridized carbons (Fsp3) is 0.0370. The molecule has 0 aliphatic carbocycles. The van der Waals surface area contributed by atoms with E-state index in [2.05, 4.69) is 0 Å². The second-order valence-electron chi connectivity index (χ2n) is 7.36. The fourth-order valence-electron chi connectivity index (χ4n) is 4.13. The number of benzene rings is 5. The third-order valence-electron chi connectivity index (χ3n) is 5.54. The lowest BCUT2D eigenvalue weighted by Gasteiger charge is -2.22. The van der Waals surface area contributed by atoms with Gasteiger partial charge in [0.2, 0.25) is 0 Å². The highest BCUT2D eigenvalue weighted by Gasteiger charge is 2.23. The molecule has 0 heterocycles. The van der Waals surface area contributed by atoms with Crippen LogP contribution in [0, 0.1) is 0 Å². The van der Waals surface area contributed by atoms with E-state index >= 15 is 0 Å². The minimum Gasteiger partial charge on any atom is -0.508 e. The fourth-order valence-corrected chi connectivity index (χ4v) is 4.13. The van der Waals surface area contributed by atoms with Crippen LogP contribution in [0.25, 0.3) is 21.5 Å². The molecule has 140 valence electrons. The summed E-state index contributed by atoms with van der Waals surface area (Å²) in [4.78, 5) is 0. The van der Waals surface area contributed by atoms with E-state index in [1.54, 1.807) is 12.1 Å². The van der Waals surface area contributed by atoms with Crippen molar-refractivity contribution in [2.45, 2.75) is 5.92 Å². The summed E-state index contributed by atoms with van der Waals surface area (Å²) in [7, 11) is 0. The predicted molar refractivity (Wildman–Crippen MR) is 119 cm³/mol. The Morgan fingerprint density at radius 3 is 1.28 bits per heavy atom. The highest BCUT2D eigenvalue weighted by Crippen LogP contribution is 2.43. The molecular weight excluding hydrogens is 356 g/mol. The van der Waals surface area contributed by atoms with Crippen LogP contribution in [0.5, 0.6) is 11.5 Å². The second kappa shape index (κ2) is 6.99. The lowest BCUT2D eigenvalue weighted by Crippen LogP contribution is -2.04. The van der Waals surface area contributed by atoms with Crippen molar-refractivity contribution < 1.29 is 10.2 Å². The van der Waals surface area contributed by atoms with Gasteiger partial charge < -0.3 is 10.2 Å². The monoisotopic (exact) mass is 376 g/mol. The van der Waals surface area contributed by atoms with Gasteiger partial charge >= 0.3 is 0 Å². The van der Waals surface area contributed by atoms with E-state index in [9.17, 15) is 10.2 Å². The molecule has 29 heavy (non-hydrogen) atoms. The number of phenols is 2. The number of rotatable bonds is 3. The number of fused-ring (bicyclic) bond motifs is 2. The second-order valence-corrected chi connectivity index (χ2v) is 7.36. The third-order valence-corrected chi connectivity index (χ3v) is 5.54. The summed E-state index contributed by atoms with van der Waals surface area (Å²) in [6, 6.07) is 33.7. The lowest BCUT2D eigenvalue weighted by molar-refractivity contribution is 0.460. The highest BCUT2D eigenvalue weighted by molar-refractivity contribution is 5.87. The number of hydrogen-bond donors (Lipinski definition) is 2. The van der Waals surface area contributed by atoms with Crippen molar-refractivity contribution in [3.63, 3.8) is 0 Å². The highest BCUT2D eigenvalue weighted by atomic mass is 16.3. The molecule has 0 spiro atoms. The molecule has 0 saturated carbocycles. The molecule has 0 amide bonds. The van der Waals surface area contributed by atoms with Crippen LogP contribution in [0.15, 0.2) is 103 Å². The summed E-state index contributed by atoms with van der Waals surface area (Å²) in [5, 5.41) is 25.9. The van der Waals surface area contributed by atoms with E-state index in [-0.39, 0.29) is 17.4 Å². The zero-order chi connectivity index (χ0) is 19.8. The average molecular weight is 376 g/mol. The van der Waals surface area contributed by atoms with E-state index in [1.165, 1.54) is 0 Å². The average Bonchev–Trinajstić information content (AvgIpc) is 2.75. The number of hydrogen-bond acceptors (Lipinski definition) is 2. The van der Waals surface area contributed by atoms with Gasteiger partial charge in [0, 0.05) is 17.0 Å². The van der Waals surface area contributed by atoms with E-state index in [4.69, 9.17) is 0 Å². The van der Waals surface area contributed by atoms with Gasteiger partial charge in [-0.05, 0) is 51.4 Å². The Morgan fingerprint density at radius 1 is 0.448 bits per heavy atom. The van der Waals surface area contributed by atoms with E-state index < -0.39 is 0 Å². The Hall–Kier alpha value is -3.78. The molecule has 0 atom stereocenters. The van der Waals surface area contributed by atoms with Crippen molar-refractivity contribution in [1.82, 2.24) is 0 Å². The standard InChI is InChI=1S/C27H20O2/c28-25-16-21-12-6-4-10-19(21)14-23(25)27(18-8-2-1-3-9-18)24-15-20-11-5-7-13-22(20)17-26(24)29/h1-17,27-29H. The molecule has 0 aromatic heterocycles. The summed E-state index contributed by atoms with van der Waals surface area (Å²) in [6.45, 7) is 0. The summed E-state index contributed by atoms with van der Waals surface area (Å²) in [5.74, 6) is 0.167. The maximum absolute atomic E-state index is 10.9. The molecule has 5 aromatic rings. The summed E-state index contributed by atoms with van der Waals surface area (Å²) in [5.41, 5.74) is 2.57. The smallest absolute Gasteiger partial charge is 0.120 e. The molecule has 2 heteroatoms. The molecule has 0 radical (unpaired) electrons. The zero-order valence-electron chi connectivity index (χ0n) is 15.8. The van der Waals surface area contributed by atoms with Crippen molar-refractivity contribution in [2.24, 2.45) is 0 Å². The Kier molecular flexibility index (Phi) is 4.18. The van der Waals surface area contributed by atoms with Gasteiger partial charge in [-0.3, -0.25) is 0 Å². The van der Waals surface area contributed by atoms with Gasteiger partial charge in [0.1, 0.15) is 11.5 Å². The largest absolute Gasteiger partial charge is 0.508 e. The van der Waals surface area contributed by atoms with Gasteiger partial charge in [0.05, 0.1) is 0 Å². The summed E-state index contributed by atoms with van der Waals surface area (Å²) < 4.78 is 0. The van der Waals surface area contributed by atoms with Gasteiger partial charge in [0.15, 0.2) is 0 Å². The first-order valence-electron chi connectivity index (χ1n) is 9.69. The first-order chi connectivity index (χ1) is 14.2. The molecule has 0 aliphatic heterocycles. The van der Waals surface area contributed by atoms with E-state index in [0.717, 1.165) is 38.2 Å². The Morgan fingerprint density at radius 2 is 0.828 bits per heavy atom. The zero-order valence-corrected chi connectivity index (χ0v) is 15.8. The summed E-state index contributed by atoms with van der Waals surface area (Å²) in [6.07, 6.45) is 0. The molecule has 5 rings (SSSR count). The van der Waals surface area contributed by atoms with Crippen LogP contribution >= 0.6 is 0 Å². The first-order valence-corrected chi connectivity index (χ1v) is 9.69. The molecule has 2 nitrogen and oxygen atoms in total. The molecule has 0 aliphatic rings. The lowest BCUT2D eigenvalue weighted by atomic mass is 9.82. The topological polar surface area (TPSA) is 40.5 Å². The van der Waals surface area contributed by atoms with E-state index in [1.807, 2.05) is 91.0 Å². The Labute approximate surface area is 169 Å². The van der Waals surface area contributed by atoms with Crippen LogP contribution in [0.4, 0.5) is 0 Å². The minimum absolute atomic E-state index is 0.227. The third kappa shape index (κ3) is 3.09. The quantitative estimate of drug-likeness (QED) is 0.349. The molecule has 2 N–H and O–H groups in total. The Bertz CT molecular complexity index is 1240.